The molecule has 0 bridgehead atoms. The molecule has 0 heterocycles. The lowest BCUT2D eigenvalue weighted by Gasteiger charge is -2.11. The van der Waals surface area contributed by atoms with E-state index in [0.29, 0.717) is 5.75 Å². The van der Waals surface area contributed by atoms with E-state index in [4.69, 9.17) is 15.4 Å². The Morgan fingerprint density at radius 3 is 2.37 bits per heavy atom. The van der Waals surface area contributed by atoms with E-state index in [1.54, 1.807) is 19.2 Å². The van der Waals surface area contributed by atoms with Gasteiger partial charge in [0.15, 0.2) is 0 Å². The molecule has 0 radical (unpaired) electrons. The van der Waals surface area contributed by atoms with E-state index in [1.165, 1.54) is 6.07 Å². The molecule has 0 amide bonds. The van der Waals surface area contributed by atoms with E-state index >= 15 is 0 Å². The molecule has 0 aliphatic carbocycles. The second-order valence-electron chi connectivity index (χ2n) is 4.11. The Labute approximate surface area is 117 Å². The molecule has 19 heavy (non-hydrogen) atoms. The highest BCUT2D eigenvalue weighted by Gasteiger charge is 2.14. The standard InChI is InChI=1S/C14H13ClO3S/c1-10-7-8-11(19(15,16)17)9-13(10)12-5-3-4-6-14(12)18-2/h3-9H,1-2H3. The second kappa shape index (κ2) is 5.23. The highest BCUT2D eigenvalue weighted by molar-refractivity contribution is 8.13. The molecule has 0 aliphatic heterocycles. The van der Waals surface area contributed by atoms with Gasteiger partial charge in [0.1, 0.15) is 5.75 Å². The Kier molecular flexibility index (Phi) is 3.83. The molecule has 0 fully saturated rings. The van der Waals surface area contributed by atoms with Crippen molar-refractivity contribution in [2.24, 2.45) is 0 Å². The SMILES string of the molecule is COc1ccccc1-c1cc(S(=O)(=O)Cl)ccc1C. The minimum atomic E-state index is -3.74. The second-order valence-corrected chi connectivity index (χ2v) is 6.68. The summed E-state index contributed by atoms with van der Waals surface area (Å²) in [5.74, 6) is 0.690. The number of halogens is 1. The molecule has 0 unspecified atom stereocenters. The van der Waals surface area contributed by atoms with E-state index < -0.39 is 9.05 Å². The molecule has 0 aromatic heterocycles. The molecule has 0 N–H and O–H groups in total. The van der Waals surface area contributed by atoms with Gasteiger partial charge in [0.25, 0.3) is 9.05 Å². The minimum absolute atomic E-state index is 0.0840. The summed E-state index contributed by atoms with van der Waals surface area (Å²) in [4.78, 5) is 0.0840. The molecule has 0 atom stereocenters. The van der Waals surface area contributed by atoms with Gasteiger partial charge in [-0.25, -0.2) is 8.42 Å². The minimum Gasteiger partial charge on any atom is -0.496 e. The molecule has 5 heteroatoms. The van der Waals surface area contributed by atoms with Gasteiger partial charge < -0.3 is 4.74 Å². The summed E-state index contributed by atoms with van der Waals surface area (Å²) >= 11 is 0. The van der Waals surface area contributed by atoms with Crippen LogP contribution in [0.4, 0.5) is 0 Å². The van der Waals surface area contributed by atoms with Gasteiger partial charge in [-0.3, -0.25) is 0 Å². The number of para-hydroxylation sites is 1. The van der Waals surface area contributed by atoms with Gasteiger partial charge >= 0.3 is 0 Å². The van der Waals surface area contributed by atoms with E-state index in [-0.39, 0.29) is 4.90 Å². The van der Waals surface area contributed by atoms with Crippen LogP contribution in [0.15, 0.2) is 47.4 Å². The predicted molar refractivity (Wildman–Crippen MR) is 76.2 cm³/mol. The molecule has 0 saturated heterocycles. The van der Waals surface area contributed by atoms with Crippen LogP contribution in [0.5, 0.6) is 5.75 Å². The van der Waals surface area contributed by atoms with E-state index in [0.717, 1.165) is 16.7 Å². The first-order chi connectivity index (χ1) is 8.93. The number of hydrogen-bond acceptors (Lipinski definition) is 3. The van der Waals surface area contributed by atoms with Gasteiger partial charge in [-0.2, -0.15) is 0 Å². The lowest BCUT2D eigenvalue weighted by atomic mass is 10.00. The molecule has 3 nitrogen and oxygen atoms in total. The Morgan fingerprint density at radius 2 is 1.74 bits per heavy atom. The summed E-state index contributed by atoms with van der Waals surface area (Å²) in [6.07, 6.45) is 0. The van der Waals surface area contributed by atoms with Gasteiger partial charge in [0.2, 0.25) is 0 Å². The summed E-state index contributed by atoms with van der Waals surface area (Å²) < 4.78 is 28.1. The molecule has 0 saturated carbocycles. The molecule has 0 aliphatic rings. The van der Waals surface area contributed by atoms with E-state index in [1.807, 2.05) is 31.2 Å². The number of rotatable bonds is 3. The lowest BCUT2D eigenvalue weighted by molar-refractivity contribution is 0.416. The van der Waals surface area contributed by atoms with Crippen molar-refractivity contribution in [3.63, 3.8) is 0 Å². The normalized spacial score (nSPS) is 11.3. The van der Waals surface area contributed by atoms with Crippen LogP contribution in [0.3, 0.4) is 0 Å². The average Bonchev–Trinajstić information content (AvgIpc) is 2.38. The summed E-state index contributed by atoms with van der Waals surface area (Å²) in [5.41, 5.74) is 2.58. The molecule has 0 spiro atoms. The monoisotopic (exact) mass is 296 g/mol. The third-order valence-corrected chi connectivity index (χ3v) is 4.24. The molecule has 100 valence electrons. The summed E-state index contributed by atoms with van der Waals surface area (Å²) in [5, 5.41) is 0. The van der Waals surface area contributed by atoms with Crippen molar-refractivity contribution in [2.45, 2.75) is 11.8 Å². The van der Waals surface area contributed by atoms with E-state index in [2.05, 4.69) is 0 Å². The van der Waals surface area contributed by atoms with Gasteiger partial charge in [-0.15, -0.1) is 0 Å². The van der Waals surface area contributed by atoms with Crippen molar-refractivity contribution in [1.82, 2.24) is 0 Å². The fourth-order valence-corrected chi connectivity index (χ4v) is 2.69. The van der Waals surface area contributed by atoms with Crippen molar-refractivity contribution < 1.29 is 13.2 Å². The zero-order valence-corrected chi connectivity index (χ0v) is 12.1. The van der Waals surface area contributed by atoms with Crippen LogP contribution >= 0.6 is 10.7 Å². The Balaban J connectivity index is 2.68. The quantitative estimate of drug-likeness (QED) is 0.813. The number of benzene rings is 2. The first kappa shape index (κ1) is 13.9. The smallest absolute Gasteiger partial charge is 0.261 e. The van der Waals surface area contributed by atoms with Crippen LogP contribution in [0, 0.1) is 6.92 Å². The van der Waals surface area contributed by atoms with Crippen molar-refractivity contribution in [2.75, 3.05) is 7.11 Å². The van der Waals surface area contributed by atoms with Crippen LogP contribution in [0.25, 0.3) is 11.1 Å². The van der Waals surface area contributed by atoms with Crippen molar-refractivity contribution in [3.05, 3.63) is 48.0 Å². The van der Waals surface area contributed by atoms with Crippen molar-refractivity contribution in [3.8, 4) is 16.9 Å². The Hall–Kier alpha value is -1.52. The average molecular weight is 297 g/mol. The zero-order chi connectivity index (χ0) is 14.0. The number of hydrogen-bond donors (Lipinski definition) is 0. The zero-order valence-electron chi connectivity index (χ0n) is 10.6. The van der Waals surface area contributed by atoms with Crippen LogP contribution in [0.1, 0.15) is 5.56 Å². The maximum absolute atomic E-state index is 11.4. The first-order valence-corrected chi connectivity index (χ1v) is 7.93. The van der Waals surface area contributed by atoms with Crippen LogP contribution in [-0.2, 0) is 9.05 Å². The van der Waals surface area contributed by atoms with Crippen LogP contribution < -0.4 is 4.74 Å². The van der Waals surface area contributed by atoms with Gasteiger partial charge in [0, 0.05) is 16.2 Å². The third-order valence-electron chi connectivity index (χ3n) is 2.89. The molecule has 2 aromatic carbocycles. The predicted octanol–water partition coefficient (Wildman–Crippen LogP) is 3.60. The van der Waals surface area contributed by atoms with Crippen molar-refractivity contribution >= 4 is 19.7 Å². The Bertz CT molecular complexity index is 708. The van der Waals surface area contributed by atoms with Gasteiger partial charge in [0.05, 0.1) is 12.0 Å². The third kappa shape index (κ3) is 2.91. The number of aryl methyl sites for hydroxylation is 1. The molecule has 2 rings (SSSR count). The fraction of sp³-hybridized carbons (Fsp3) is 0.143. The van der Waals surface area contributed by atoms with Crippen LogP contribution in [0.2, 0.25) is 0 Å². The fourth-order valence-electron chi connectivity index (χ4n) is 1.91. The summed E-state index contributed by atoms with van der Waals surface area (Å²) in [6, 6.07) is 12.2. The highest BCUT2D eigenvalue weighted by atomic mass is 35.7. The van der Waals surface area contributed by atoms with Gasteiger partial charge in [-0.05, 0) is 36.2 Å². The molecular formula is C14H13ClO3S. The maximum Gasteiger partial charge on any atom is 0.261 e. The van der Waals surface area contributed by atoms with Crippen molar-refractivity contribution in [1.29, 1.82) is 0 Å². The summed E-state index contributed by atoms with van der Waals surface area (Å²) in [6.45, 7) is 1.91. The topological polar surface area (TPSA) is 43.4 Å². The van der Waals surface area contributed by atoms with Crippen LogP contribution in [-0.4, -0.2) is 15.5 Å². The molecule has 2 aromatic rings. The maximum atomic E-state index is 11.4. The highest BCUT2D eigenvalue weighted by Crippen LogP contribution is 2.33. The Morgan fingerprint density at radius 1 is 1.05 bits per heavy atom. The lowest BCUT2D eigenvalue weighted by Crippen LogP contribution is -1.94. The van der Waals surface area contributed by atoms with E-state index in [9.17, 15) is 8.42 Å². The first-order valence-electron chi connectivity index (χ1n) is 5.62. The largest absolute Gasteiger partial charge is 0.496 e. The number of methoxy groups -OCH3 is 1. The van der Waals surface area contributed by atoms with Gasteiger partial charge in [-0.1, -0.05) is 24.3 Å². The number of ether oxygens (including phenoxy) is 1. The molecular weight excluding hydrogens is 284 g/mol. The summed E-state index contributed by atoms with van der Waals surface area (Å²) in [7, 11) is 3.23.